The third-order valence-corrected chi connectivity index (χ3v) is 4.34. The molecule has 0 aromatic heterocycles. The summed E-state index contributed by atoms with van der Waals surface area (Å²) in [6.07, 6.45) is 9.32. The van der Waals surface area contributed by atoms with Crippen molar-refractivity contribution in [3.05, 3.63) is 0 Å². The molecule has 0 aromatic rings. The predicted octanol–water partition coefficient (Wildman–Crippen LogP) is 3.23. The van der Waals surface area contributed by atoms with E-state index in [4.69, 9.17) is 5.73 Å². The highest BCUT2D eigenvalue weighted by Gasteiger charge is 2.25. The molecule has 0 aromatic carbocycles. The van der Waals surface area contributed by atoms with Gasteiger partial charge in [-0.2, -0.15) is 0 Å². The Labute approximate surface area is 118 Å². The van der Waals surface area contributed by atoms with Crippen molar-refractivity contribution in [3.8, 4) is 0 Å². The number of amides is 1. The second-order valence-electron chi connectivity index (χ2n) is 7.11. The first-order valence-corrected chi connectivity index (χ1v) is 7.93. The van der Waals surface area contributed by atoms with E-state index in [1.54, 1.807) is 0 Å². The Kier molecular flexibility index (Phi) is 6.84. The monoisotopic (exact) mass is 268 g/mol. The summed E-state index contributed by atoms with van der Waals surface area (Å²) < 4.78 is 0. The molecule has 0 aliphatic heterocycles. The first-order valence-electron chi connectivity index (χ1n) is 7.93. The van der Waals surface area contributed by atoms with Crippen LogP contribution in [0, 0.1) is 11.3 Å². The first-order chi connectivity index (χ1) is 8.93. The molecular weight excluding hydrogens is 236 g/mol. The SMILES string of the molecule is CC(C)(C)C(CCN)NC(=O)CCC1CCCCC1. The summed E-state index contributed by atoms with van der Waals surface area (Å²) in [5, 5.41) is 3.18. The smallest absolute Gasteiger partial charge is 0.220 e. The van der Waals surface area contributed by atoms with Gasteiger partial charge in [-0.05, 0) is 30.7 Å². The van der Waals surface area contributed by atoms with Gasteiger partial charge in [0.05, 0.1) is 0 Å². The molecule has 0 saturated heterocycles. The molecule has 0 radical (unpaired) electrons. The molecule has 1 rings (SSSR count). The summed E-state index contributed by atoms with van der Waals surface area (Å²) in [4.78, 5) is 12.1. The normalized spacial score (nSPS) is 19.2. The summed E-state index contributed by atoms with van der Waals surface area (Å²) in [5.74, 6) is 0.987. The second kappa shape index (κ2) is 7.88. The van der Waals surface area contributed by atoms with Crippen LogP contribution in [0.15, 0.2) is 0 Å². The first kappa shape index (κ1) is 16.5. The number of rotatable bonds is 6. The summed E-state index contributed by atoms with van der Waals surface area (Å²) in [6, 6.07) is 0.191. The van der Waals surface area contributed by atoms with Crippen LogP contribution in [0.2, 0.25) is 0 Å². The minimum Gasteiger partial charge on any atom is -0.353 e. The van der Waals surface area contributed by atoms with E-state index < -0.39 is 0 Å². The number of carbonyl (C=O) groups is 1. The number of nitrogens with two attached hydrogens (primary N) is 1. The maximum Gasteiger partial charge on any atom is 0.220 e. The minimum absolute atomic E-state index is 0.0832. The van der Waals surface area contributed by atoms with Gasteiger partial charge < -0.3 is 11.1 Å². The summed E-state index contributed by atoms with van der Waals surface area (Å²) in [5.41, 5.74) is 5.72. The van der Waals surface area contributed by atoms with Crippen LogP contribution in [0.4, 0.5) is 0 Å². The average Bonchev–Trinajstić information content (AvgIpc) is 2.36. The number of hydrogen-bond acceptors (Lipinski definition) is 2. The number of nitrogens with one attached hydrogen (secondary N) is 1. The second-order valence-corrected chi connectivity index (χ2v) is 7.11. The van der Waals surface area contributed by atoms with Gasteiger partial charge in [0, 0.05) is 12.5 Å². The van der Waals surface area contributed by atoms with Crippen LogP contribution in [0.1, 0.15) is 72.1 Å². The van der Waals surface area contributed by atoms with Crippen LogP contribution in [0.5, 0.6) is 0 Å². The van der Waals surface area contributed by atoms with E-state index >= 15 is 0 Å². The largest absolute Gasteiger partial charge is 0.353 e. The molecule has 1 atom stereocenters. The van der Waals surface area contributed by atoms with E-state index in [0.29, 0.717) is 13.0 Å². The van der Waals surface area contributed by atoms with Crippen molar-refractivity contribution in [1.82, 2.24) is 5.32 Å². The van der Waals surface area contributed by atoms with Gasteiger partial charge in [-0.3, -0.25) is 4.79 Å². The molecule has 112 valence electrons. The Bertz CT molecular complexity index is 264. The lowest BCUT2D eigenvalue weighted by Crippen LogP contribution is -2.44. The number of hydrogen-bond donors (Lipinski definition) is 2. The predicted molar refractivity (Wildman–Crippen MR) is 80.9 cm³/mol. The molecule has 0 spiro atoms. The average molecular weight is 268 g/mol. The van der Waals surface area contributed by atoms with E-state index in [-0.39, 0.29) is 17.4 Å². The van der Waals surface area contributed by atoms with Crippen LogP contribution in [0.3, 0.4) is 0 Å². The van der Waals surface area contributed by atoms with E-state index in [2.05, 4.69) is 26.1 Å². The van der Waals surface area contributed by atoms with Crippen molar-refractivity contribution in [3.63, 3.8) is 0 Å². The van der Waals surface area contributed by atoms with Crippen molar-refractivity contribution >= 4 is 5.91 Å². The van der Waals surface area contributed by atoms with Crippen LogP contribution < -0.4 is 11.1 Å². The molecular formula is C16H32N2O. The molecule has 1 aliphatic rings. The Morgan fingerprint density at radius 1 is 1.26 bits per heavy atom. The summed E-state index contributed by atoms with van der Waals surface area (Å²) >= 11 is 0. The van der Waals surface area contributed by atoms with Gasteiger partial charge in [-0.25, -0.2) is 0 Å². The highest BCUT2D eigenvalue weighted by molar-refractivity contribution is 5.76. The zero-order valence-electron chi connectivity index (χ0n) is 13.0. The van der Waals surface area contributed by atoms with Crippen molar-refractivity contribution in [2.75, 3.05) is 6.54 Å². The van der Waals surface area contributed by atoms with Crippen molar-refractivity contribution < 1.29 is 4.79 Å². The maximum atomic E-state index is 12.1. The van der Waals surface area contributed by atoms with E-state index in [1.807, 2.05) is 0 Å². The Balaban J connectivity index is 2.31. The minimum atomic E-state index is 0.0832. The van der Waals surface area contributed by atoms with Crippen LogP contribution in [-0.2, 0) is 4.79 Å². The molecule has 1 saturated carbocycles. The highest BCUT2D eigenvalue weighted by Crippen LogP contribution is 2.27. The molecule has 0 bridgehead atoms. The number of carbonyl (C=O) groups excluding carboxylic acids is 1. The Hall–Kier alpha value is -0.570. The molecule has 3 N–H and O–H groups in total. The molecule has 0 heterocycles. The fraction of sp³-hybridized carbons (Fsp3) is 0.938. The van der Waals surface area contributed by atoms with E-state index in [9.17, 15) is 4.79 Å². The standard InChI is InChI=1S/C16H32N2O/c1-16(2,3)14(11-12-17)18-15(19)10-9-13-7-5-4-6-8-13/h13-14H,4-12,17H2,1-3H3,(H,18,19). The van der Waals surface area contributed by atoms with Crippen LogP contribution >= 0.6 is 0 Å². The highest BCUT2D eigenvalue weighted by atomic mass is 16.1. The Morgan fingerprint density at radius 2 is 1.89 bits per heavy atom. The zero-order chi connectivity index (χ0) is 14.3. The van der Waals surface area contributed by atoms with Gasteiger partial charge in [0.1, 0.15) is 0 Å². The molecule has 1 aliphatic carbocycles. The van der Waals surface area contributed by atoms with E-state index in [1.165, 1.54) is 32.1 Å². The summed E-state index contributed by atoms with van der Waals surface area (Å²) in [7, 11) is 0. The molecule has 3 heteroatoms. The molecule has 3 nitrogen and oxygen atoms in total. The lowest BCUT2D eigenvalue weighted by molar-refractivity contribution is -0.123. The molecule has 1 fully saturated rings. The fourth-order valence-corrected chi connectivity index (χ4v) is 2.97. The van der Waals surface area contributed by atoms with Gasteiger partial charge in [-0.1, -0.05) is 52.9 Å². The van der Waals surface area contributed by atoms with Crippen LogP contribution in [0.25, 0.3) is 0 Å². The van der Waals surface area contributed by atoms with Gasteiger partial charge in [0.15, 0.2) is 0 Å². The van der Waals surface area contributed by atoms with E-state index in [0.717, 1.165) is 18.8 Å². The lowest BCUT2D eigenvalue weighted by atomic mass is 9.84. The van der Waals surface area contributed by atoms with Gasteiger partial charge >= 0.3 is 0 Å². The van der Waals surface area contributed by atoms with Crippen LogP contribution in [-0.4, -0.2) is 18.5 Å². The quantitative estimate of drug-likeness (QED) is 0.777. The van der Waals surface area contributed by atoms with Gasteiger partial charge in [0.2, 0.25) is 5.91 Å². The topological polar surface area (TPSA) is 55.1 Å². The van der Waals surface area contributed by atoms with Crippen molar-refractivity contribution in [1.29, 1.82) is 0 Å². The van der Waals surface area contributed by atoms with Gasteiger partial charge in [0.25, 0.3) is 0 Å². The molecule has 1 amide bonds. The fourth-order valence-electron chi connectivity index (χ4n) is 2.97. The lowest BCUT2D eigenvalue weighted by Gasteiger charge is -2.31. The maximum absolute atomic E-state index is 12.1. The molecule has 19 heavy (non-hydrogen) atoms. The zero-order valence-corrected chi connectivity index (χ0v) is 13.0. The van der Waals surface area contributed by atoms with Gasteiger partial charge in [-0.15, -0.1) is 0 Å². The van der Waals surface area contributed by atoms with Crippen molar-refractivity contribution in [2.45, 2.75) is 78.2 Å². The summed E-state index contributed by atoms with van der Waals surface area (Å²) in [6.45, 7) is 7.11. The Morgan fingerprint density at radius 3 is 2.42 bits per heavy atom. The third kappa shape index (κ3) is 6.42. The molecule has 1 unspecified atom stereocenters. The third-order valence-electron chi connectivity index (χ3n) is 4.34. The van der Waals surface area contributed by atoms with Crippen molar-refractivity contribution in [2.24, 2.45) is 17.1 Å².